The van der Waals surface area contributed by atoms with Crippen molar-refractivity contribution in [3.63, 3.8) is 0 Å². The number of carbonyl (C=O) groups is 1. The van der Waals surface area contributed by atoms with E-state index < -0.39 is 11.7 Å². The first-order valence-corrected chi connectivity index (χ1v) is 9.35. The number of benzene rings is 2. The van der Waals surface area contributed by atoms with Gasteiger partial charge in [0.2, 0.25) is 0 Å². The molecule has 0 atom stereocenters. The molecule has 7 nitrogen and oxygen atoms in total. The number of halogens is 2. The standard InChI is InChI=1S/C18H12ClFN6OS/c1-10-23-24-25-26(10)13-5-6-14(20)15(8-13)21-17(27)16-9-28-18(22-16)11-3-2-4-12(19)7-11/h2-9H,1H3,(H,21,27). The number of tetrazole rings is 1. The largest absolute Gasteiger partial charge is 0.318 e. The van der Waals surface area contributed by atoms with E-state index in [9.17, 15) is 9.18 Å². The maximum atomic E-state index is 14.2. The molecular weight excluding hydrogens is 403 g/mol. The predicted octanol–water partition coefficient (Wildman–Crippen LogP) is 4.14. The maximum absolute atomic E-state index is 14.2. The van der Waals surface area contributed by atoms with Crippen LogP contribution in [-0.2, 0) is 0 Å². The van der Waals surface area contributed by atoms with Gasteiger partial charge in [0, 0.05) is 16.0 Å². The number of anilines is 1. The molecule has 0 fully saturated rings. The van der Waals surface area contributed by atoms with E-state index in [4.69, 9.17) is 11.6 Å². The summed E-state index contributed by atoms with van der Waals surface area (Å²) in [7, 11) is 0. The van der Waals surface area contributed by atoms with Crippen molar-refractivity contribution in [3.05, 3.63) is 70.2 Å². The highest BCUT2D eigenvalue weighted by Gasteiger charge is 2.15. The molecule has 140 valence electrons. The molecule has 1 amide bonds. The zero-order chi connectivity index (χ0) is 19.7. The van der Waals surface area contributed by atoms with Crippen molar-refractivity contribution in [1.82, 2.24) is 25.2 Å². The van der Waals surface area contributed by atoms with E-state index in [-0.39, 0.29) is 11.4 Å². The van der Waals surface area contributed by atoms with Crippen LogP contribution in [-0.4, -0.2) is 31.1 Å². The number of hydrogen-bond donors (Lipinski definition) is 1. The van der Waals surface area contributed by atoms with Crippen LogP contribution in [0.15, 0.2) is 47.8 Å². The van der Waals surface area contributed by atoms with Gasteiger partial charge in [-0.15, -0.1) is 16.4 Å². The molecular formula is C18H12ClFN6OS. The number of amides is 1. The first-order valence-electron chi connectivity index (χ1n) is 8.09. The van der Waals surface area contributed by atoms with Crippen LogP contribution in [0.25, 0.3) is 16.3 Å². The van der Waals surface area contributed by atoms with Gasteiger partial charge in [0.1, 0.15) is 16.5 Å². The van der Waals surface area contributed by atoms with Gasteiger partial charge in [-0.25, -0.2) is 9.37 Å². The number of nitrogens with zero attached hydrogens (tertiary/aromatic N) is 5. The summed E-state index contributed by atoms with van der Waals surface area (Å²) in [4.78, 5) is 16.9. The van der Waals surface area contributed by atoms with Crippen molar-refractivity contribution >= 4 is 34.5 Å². The lowest BCUT2D eigenvalue weighted by Crippen LogP contribution is -2.14. The number of thiazole rings is 1. The smallest absolute Gasteiger partial charge is 0.275 e. The van der Waals surface area contributed by atoms with Crippen molar-refractivity contribution < 1.29 is 9.18 Å². The maximum Gasteiger partial charge on any atom is 0.275 e. The molecule has 4 aromatic rings. The second kappa shape index (κ2) is 7.45. The molecule has 0 saturated heterocycles. The zero-order valence-corrected chi connectivity index (χ0v) is 16.0. The Kier molecular flexibility index (Phi) is 4.84. The highest BCUT2D eigenvalue weighted by Crippen LogP contribution is 2.27. The van der Waals surface area contributed by atoms with E-state index in [1.54, 1.807) is 30.5 Å². The molecule has 0 aliphatic rings. The fourth-order valence-corrected chi connectivity index (χ4v) is 3.52. The molecule has 2 heterocycles. The highest BCUT2D eigenvalue weighted by atomic mass is 35.5. The van der Waals surface area contributed by atoms with Crippen molar-refractivity contribution in [2.45, 2.75) is 6.92 Å². The topological polar surface area (TPSA) is 85.6 Å². The Bertz CT molecular complexity index is 1170. The molecule has 2 aromatic carbocycles. The summed E-state index contributed by atoms with van der Waals surface area (Å²) in [5.74, 6) is -0.559. The third kappa shape index (κ3) is 3.62. The van der Waals surface area contributed by atoms with E-state index in [0.717, 1.165) is 5.56 Å². The van der Waals surface area contributed by atoms with Crippen LogP contribution in [0.2, 0.25) is 5.02 Å². The van der Waals surface area contributed by atoms with Gasteiger partial charge in [-0.2, -0.15) is 4.68 Å². The van der Waals surface area contributed by atoms with Crippen LogP contribution in [0.3, 0.4) is 0 Å². The molecule has 2 aromatic heterocycles. The fourth-order valence-electron chi connectivity index (χ4n) is 2.53. The van der Waals surface area contributed by atoms with Gasteiger partial charge in [-0.1, -0.05) is 23.7 Å². The lowest BCUT2D eigenvalue weighted by molar-refractivity contribution is 0.102. The Hall–Kier alpha value is -3.17. The number of carbonyl (C=O) groups excluding carboxylic acids is 1. The van der Waals surface area contributed by atoms with Gasteiger partial charge < -0.3 is 5.32 Å². The Labute approximate surface area is 167 Å². The van der Waals surface area contributed by atoms with E-state index in [1.165, 1.54) is 34.2 Å². The van der Waals surface area contributed by atoms with Gasteiger partial charge in [0.15, 0.2) is 5.82 Å². The summed E-state index contributed by atoms with van der Waals surface area (Å²) in [5.41, 5.74) is 1.52. The average Bonchev–Trinajstić information content (AvgIpc) is 3.33. The summed E-state index contributed by atoms with van der Waals surface area (Å²) in [6, 6.07) is 11.4. The SMILES string of the molecule is Cc1nnnn1-c1ccc(F)c(NC(=O)c2csc(-c3cccc(Cl)c3)n2)c1. The molecule has 0 aliphatic heterocycles. The minimum atomic E-state index is -0.576. The Morgan fingerprint density at radius 2 is 2.11 bits per heavy atom. The third-order valence-corrected chi connectivity index (χ3v) is 5.00. The normalized spacial score (nSPS) is 10.8. The Morgan fingerprint density at radius 1 is 1.25 bits per heavy atom. The van der Waals surface area contributed by atoms with Crippen LogP contribution < -0.4 is 5.32 Å². The molecule has 4 rings (SSSR count). The van der Waals surface area contributed by atoms with E-state index in [0.29, 0.717) is 21.5 Å². The molecule has 0 aliphatic carbocycles. The minimum Gasteiger partial charge on any atom is -0.318 e. The lowest BCUT2D eigenvalue weighted by Gasteiger charge is -2.08. The second-order valence-electron chi connectivity index (χ2n) is 5.80. The minimum absolute atomic E-state index is 0.00899. The number of aryl methyl sites for hydroxylation is 1. The first-order chi connectivity index (χ1) is 13.5. The van der Waals surface area contributed by atoms with Gasteiger partial charge >= 0.3 is 0 Å². The summed E-state index contributed by atoms with van der Waals surface area (Å²) in [6.07, 6.45) is 0. The summed E-state index contributed by atoms with van der Waals surface area (Å²) >= 11 is 7.30. The highest BCUT2D eigenvalue weighted by molar-refractivity contribution is 7.13. The third-order valence-electron chi connectivity index (χ3n) is 3.88. The van der Waals surface area contributed by atoms with E-state index >= 15 is 0 Å². The Balaban J connectivity index is 1.58. The molecule has 0 unspecified atom stereocenters. The summed E-state index contributed by atoms with van der Waals surface area (Å²) < 4.78 is 15.6. The van der Waals surface area contributed by atoms with Gasteiger partial charge in [0.25, 0.3) is 5.91 Å². The fraction of sp³-hybridized carbons (Fsp3) is 0.0556. The average molecular weight is 415 g/mol. The van der Waals surface area contributed by atoms with Crippen LogP contribution >= 0.6 is 22.9 Å². The molecule has 0 spiro atoms. The second-order valence-corrected chi connectivity index (χ2v) is 7.10. The molecule has 28 heavy (non-hydrogen) atoms. The predicted molar refractivity (Wildman–Crippen MR) is 104 cm³/mol. The van der Waals surface area contributed by atoms with Crippen LogP contribution in [0.5, 0.6) is 0 Å². The monoisotopic (exact) mass is 414 g/mol. The van der Waals surface area contributed by atoms with Crippen molar-refractivity contribution in [2.75, 3.05) is 5.32 Å². The van der Waals surface area contributed by atoms with Crippen molar-refractivity contribution in [1.29, 1.82) is 0 Å². The van der Waals surface area contributed by atoms with Crippen LogP contribution in [0.4, 0.5) is 10.1 Å². The number of aromatic nitrogens is 5. The molecule has 0 saturated carbocycles. The van der Waals surface area contributed by atoms with E-state index in [1.807, 2.05) is 6.07 Å². The Morgan fingerprint density at radius 3 is 2.86 bits per heavy atom. The van der Waals surface area contributed by atoms with Crippen LogP contribution in [0.1, 0.15) is 16.3 Å². The number of hydrogen-bond acceptors (Lipinski definition) is 6. The van der Waals surface area contributed by atoms with Crippen molar-refractivity contribution in [3.8, 4) is 16.3 Å². The van der Waals surface area contributed by atoms with Gasteiger partial charge in [-0.3, -0.25) is 4.79 Å². The quantitative estimate of drug-likeness (QED) is 0.542. The summed E-state index contributed by atoms with van der Waals surface area (Å²) in [6.45, 7) is 1.72. The first kappa shape index (κ1) is 18.2. The molecule has 0 bridgehead atoms. The molecule has 10 heteroatoms. The van der Waals surface area contributed by atoms with Gasteiger partial charge in [-0.05, 0) is 47.7 Å². The lowest BCUT2D eigenvalue weighted by atomic mass is 10.2. The van der Waals surface area contributed by atoms with Crippen LogP contribution in [0, 0.1) is 12.7 Å². The van der Waals surface area contributed by atoms with Gasteiger partial charge in [0.05, 0.1) is 11.4 Å². The molecule has 0 radical (unpaired) electrons. The summed E-state index contributed by atoms with van der Waals surface area (Å²) in [5, 5.41) is 16.6. The number of nitrogens with one attached hydrogen (secondary N) is 1. The number of rotatable bonds is 4. The zero-order valence-electron chi connectivity index (χ0n) is 14.4. The van der Waals surface area contributed by atoms with E-state index in [2.05, 4.69) is 25.8 Å². The molecule has 1 N–H and O–H groups in total. The van der Waals surface area contributed by atoms with Crippen molar-refractivity contribution in [2.24, 2.45) is 0 Å².